The van der Waals surface area contributed by atoms with Gasteiger partial charge in [-0.1, -0.05) is 38.3 Å². The summed E-state index contributed by atoms with van der Waals surface area (Å²) in [6, 6.07) is 10.4. The van der Waals surface area contributed by atoms with Crippen molar-refractivity contribution in [1.82, 2.24) is 14.8 Å². The SMILES string of the molecule is CCc1cc2c(cc3n2C[C@](C)(C(=O)NC2CCCCC2)N(Cc2ccc(F)cc2)C3=O)s1. The largest absolute Gasteiger partial charge is 0.351 e. The van der Waals surface area contributed by atoms with Crippen LogP contribution in [0.4, 0.5) is 4.39 Å². The second kappa shape index (κ2) is 8.60. The number of hydrogen-bond acceptors (Lipinski definition) is 3. The van der Waals surface area contributed by atoms with Crippen molar-refractivity contribution < 1.29 is 14.0 Å². The van der Waals surface area contributed by atoms with E-state index in [9.17, 15) is 14.0 Å². The second-order valence-corrected chi connectivity index (χ2v) is 10.7. The van der Waals surface area contributed by atoms with Gasteiger partial charge in [0.05, 0.1) is 16.8 Å². The molecular formula is C26H30FN3O2S. The van der Waals surface area contributed by atoms with Crippen molar-refractivity contribution in [1.29, 1.82) is 0 Å². The first-order chi connectivity index (χ1) is 15.9. The molecule has 1 fully saturated rings. The molecule has 2 amide bonds. The van der Waals surface area contributed by atoms with E-state index in [1.54, 1.807) is 28.4 Å². The molecule has 0 radical (unpaired) electrons. The van der Waals surface area contributed by atoms with Gasteiger partial charge >= 0.3 is 0 Å². The number of benzene rings is 1. The van der Waals surface area contributed by atoms with Crippen LogP contribution in [0.15, 0.2) is 36.4 Å². The monoisotopic (exact) mass is 467 g/mol. The van der Waals surface area contributed by atoms with Crippen molar-refractivity contribution in [2.24, 2.45) is 0 Å². The average Bonchev–Trinajstić information content (AvgIpc) is 3.37. The van der Waals surface area contributed by atoms with Crippen molar-refractivity contribution >= 4 is 33.4 Å². The molecule has 1 N–H and O–H groups in total. The molecule has 1 aliphatic heterocycles. The van der Waals surface area contributed by atoms with Crippen LogP contribution in [-0.4, -0.2) is 32.9 Å². The standard InChI is InChI=1S/C26H30FN3O2S/c1-3-20-13-21-23(33-20)14-22-24(31)30(15-17-9-11-18(27)12-10-17)26(2,16-29(21)22)25(32)28-19-7-5-4-6-8-19/h9-14,19H,3-8,15-16H2,1-2H3,(H,28,32)/t26-/m1/s1. The molecule has 174 valence electrons. The predicted molar refractivity (Wildman–Crippen MR) is 129 cm³/mol. The fraction of sp³-hybridized carbons (Fsp3) is 0.462. The van der Waals surface area contributed by atoms with Crippen LogP contribution in [0.5, 0.6) is 0 Å². The Morgan fingerprint density at radius 2 is 1.91 bits per heavy atom. The van der Waals surface area contributed by atoms with E-state index in [0.717, 1.165) is 47.9 Å². The number of fused-ring (bicyclic) bond motifs is 3. The lowest BCUT2D eigenvalue weighted by Crippen LogP contribution is -2.64. The minimum absolute atomic E-state index is 0.108. The Bertz CT molecular complexity index is 1190. The number of carbonyl (C=O) groups is 2. The Morgan fingerprint density at radius 3 is 2.61 bits per heavy atom. The number of halogens is 1. The van der Waals surface area contributed by atoms with Crippen molar-refractivity contribution in [3.8, 4) is 0 Å². The van der Waals surface area contributed by atoms with Gasteiger partial charge in [-0.15, -0.1) is 11.3 Å². The third-order valence-corrected chi connectivity index (χ3v) is 8.41. The van der Waals surface area contributed by atoms with E-state index in [-0.39, 0.29) is 30.2 Å². The van der Waals surface area contributed by atoms with Gasteiger partial charge in [-0.3, -0.25) is 9.59 Å². The second-order valence-electron chi connectivity index (χ2n) is 9.53. The summed E-state index contributed by atoms with van der Waals surface area (Å²) in [5, 5.41) is 3.26. The molecule has 0 spiro atoms. The highest BCUT2D eigenvalue weighted by atomic mass is 32.1. The minimum atomic E-state index is -1.05. The number of nitrogens with zero attached hydrogens (tertiary/aromatic N) is 2. The highest BCUT2D eigenvalue weighted by Crippen LogP contribution is 2.37. The number of thiophene rings is 1. The highest BCUT2D eigenvalue weighted by molar-refractivity contribution is 7.19. The maximum absolute atomic E-state index is 13.8. The Labute approximate surface area is 197 Å². The zero-order valence-corrected chi connectivity index (χ0v) is 20.0. The summed E-state index contributed by atoms with van der Waals surface area (Å²) in [6.45, 7) is 4.65. The quantitative estimate of drug-likeness (QED) is 0.556. The van der Waals surface area contributed by atoms with E-state index in [1.807, 2.05) is 17.6 Å². The number of aromatic nitrogens is 1. The van der Waals surface area contributed by atoms with E-state index in [0.29, 0.717) is 12.2 Å². The number of amides is 2. The van der Waals surface area contributed by atoms with Crippen molar-refractivity contribution in [3.05, 3.63) is 58.3 Å². The molecule has 5 rings (SSSR count). The zero-order chi connectivity index (χ0) is 23.2. The van der Waals surface area contributed by atoms with Gasteiger partial charge in [0, 0.05) is 17.5 Å². The Morgan fingerprint density at radius 1 is 1.18 bits per heavy atom. The molecule has 3 heterocycles. The molecule has 33 heavy (non-hydrogen) atoms. The number of hydrogen-bond donors (Lipinski definition) is 1. The van der Waals surface area contributed by atoms with Crippen LogP contribution < -0.4 is 5.32 Å². The first kappa shape index (κ1) is 22.1. The van der Waals surface area contributed by atoms with Gasteiger partial charge in [-0.25, -0.2) is 4.39 Å². The highest BCUT2D eigenvalue weighted by Gasteiger charge is 2.48. The fourth-order valence-corrected chi connectivity index (χ4v) is 6.21. The van der Waals surface area contributed by atoms with Crippen LogP contribution in [0.25, 0.3) is 10.2 Å². The molecule has 0 bridgehead atoms. The van der Waals surface area contributed by atoms with Crippen LogP contribution in [0.3, 0.4) is 0 Å². The summed E-state index contributed by atoms with van der Waals surface area (Å²) >= 11 is 1.70. The molecule has 1 aromatic carbocycles. The third-order valence-electron chi connectivity index (χ3n) is 7.20. The Hall–Kier alpha value is -2.67. The van der Waals surface area contributed by atoms with Gasteiger partial charge in [0.25, 0.3) is 5.91 Å². The lowest BCUT2D eigenvalue weighted by atomic mass is 9.91. The molecule has 3 aromatic rings. The molecule has 1 aliphatic carbocycles. The molecular weight excluding hydrogens is 437 g/mol. The van der Waals surface area contributed by atoms with E-state index in [2.05, 4.69) is 18.3 Å². The smallest absolute Gasteiger partial charge is 0.271 e. The maximum Gasteiger partial charge on any atom is 0.271 e. The first-order valence-electron chi connectivity index (χ1n) is 11.9. The maximum atomic E-state index is 13.8. The van der Waals surface area contributed by atoms with Crippen LogP contribution in [0.1, 0.15) is 66.9 Å². The third kappa shape index (κ3) is 3.97. The summed E-state index contributed by atoms with van der Waals surface area (Å²) < 4.78 is 16.6. The molecule has 2 aromatic heterocycles. The molecule has 5 nitrogen and oxygen atoms in total. The van der Waals surface area contributed by atoms with Crippen LogP contribution in [0, 0.1) is 5.82 Å². The van der Waals surface area contributed by atoms with Gasteiger partial charge in [0.2, 0.25) is 5.91 Å². The van der Waals surface area contributed by atoms with Gasteiger partial charge in [0.1, 0.15) is 17.1 Å². The van der Waals surface area contributed by atoms with E-state index >= 15 is 0 Å². The topological polar surface area (TPSA) is 54.3 Å². The predicted octanol–water partition coefficient (Wildman–Crippen LogP) is 5.27. The van der Waals surface area contributed by atoms with Gasteiger partial charge in [0.15, 0.2) is 0 Å². The molecule has 1 atom stereocenters. The van der Waals surface area contributed by atoms with Crippen LogP contribution in [-0.2, 0) is 24.3 Å². The van der Waals surface area contributed by atoms with Crippen LogP contribution >= 0.6 is 11.3 Å². The summed E-state index contributed by atoms with van der Waals surface area (Å²) in [5.74, 6) is -0.584. The number of rotatable bonds is 5. The zero-order valence-electron chi connectivity index (χ0n) is 19.2. The number of carbonyl (C=O) groups excluding carboxylic acids is 2. The van der Waals surface area contributed by atoms with Crippen LogP contribution in [0.2, 0.25) is 0 Å². The fourth-order valence-electron chi connectivity index (χ4n) is 5.17. The average molecular weight is 468 g/mol. The van der Waals surface area contributed by atoms with Gasteiger partial charge < -0.3 is 14.8 Å². The molecule has 7 heteroatoms. The lowest BCUT2D eigenvalue weighted by Gasteiger charge is -2.45. The van der Waals surface area contributed by atoms with E-state index in [4.69, 9.17) is 0 Å². The van der Waals surface area contributed by atoms with Crippen molar-refractivity contribution in [3.63, 3.8) is 0 Å². The Balaban J connectivity index is 1.54. The minimum Gasteiger partial charge on any atom is -0.351 e. The molecule has 0 unspecified atom stereocenters. The molecule has 1 saturated carbocycles. The van der Waals surface area contributed by atoms with E-state index in [1.165, 1.54) is 23.4 Å². The Kier molecular flexibility index (Phi) is 5.77. The summed E-state index contributed by atoms with van der Waals surface area (Å²) in [7, 11) is 0. The number of nitrogens with one attached hydrogen (secondary N) is 1. The summed E-state index contributed by atoms with van der Waals surface area (Å²) in [4.78, 5) is 30.5. The number of aryl methyl sites for hydroxylation is 1. The summed E-state index contributed by atoms with van der Waals surface area (Å²) in [5.41, 5.74) is 1.40. The van der Waals surface area contributed by atoms with Crippen molar-refractivity contribution in [2.75, 3.05) is 0 Å². The van der Waals surface area contributed by atoms with Gasteiger partial charge in [-0.05, 0) is 56.0 Å². The molecule has 2 aliphatic rings. The summed E-state index contributed by atoms with van der Waals surface area (Å²) in [6.07, 6.45) is 6.36. The van der Waals surface area contributed by atoms with Gasteiger partial charge in [-0.2, -0.15) is 0 Å². The van der Waals surface area contributed by atoms with E-state index < -0.39 is 5.54 Å². The lowest BCUT2D eigenvalue weighted by molar-refractivity contribution is -0.134. The first-order valence-corrected chi connectivity index (χ1v) is 12.7. The van der Waals surface area contributed by atoms with Crippen molar-refractivity contribution in [2.45, 2.75) is 77.0 Å². The normalized spacial score (nSPS) is 21.4. The molecule has 0 saturated heterocycles.